The molecule has 0 radical (unpaired) electrons. The monoisotopic (exact) mass is 455 g/mol. The Hall–Kier alpha value is -3.95. The highest BCUT2D eigenvalue weighted by Gasteiger charge is 2.44. The van der Waals surface area contributed by atoms with E-state index in [4.69, 9.17) is 0 Å². The van der Waals surface area contributed by atoms with Gasteiger partial charge in [0.15, 0.2) is 0 Å². The van der Waals surface area contributed by atoms with E-state index in [0.717, 1.165) is 22.6 Å². The van der Waals surface area contributed by atoms with Crippen LogP contribution in [0.2, 0.25) is 0 Å². The first kappa shape index (κ1) is 22.3. The Morgan fingerprint density at radius 1 is 1.03 bits per heavy atom. The van der Waals surface area contributed by atoms with E-state index in [-0.39, 0.29) is 36.1 Å². The molecule has 5 amide bonds. The van der Waals surface area contributed by atoms with E-state index >= 15 is 0 Å². The van der Waals surface area contributed by atoms with Crippen molar-refractivity contribution in [2.24, 2.45) is 0 Å². The van der Waals surface area contributed by atoms with Crippen LogP contribution in [0.25, 0.3) is 0 Å². The molecule has 0 aromatic heterocycles. The fraction of sp³-hybridized carbons (Fsp3) is 0.261. The van der Waals surface area contributed by atoms with Gasteiger partial charge >= 0.3 is 0 Å². The summed E-state index contributed by atoms with van der Waals surface area (Å²) in [6, 6.07) is 6.44. The Balaban J connectivity index is 1.37. The highest BCUT2D eigenvalue weighted by atomic mass is 19.1. The number of rotatable bonds is 6. The number of halogens is 2. The molecule has 2 heterocycles. The number of carbonyl (C=O) groups is 5. The lowest BCUT2D eigenvalue weighted by Gasteiger charge is -2.27. The lowest BCUT2D eigenvalue weighted by molar-refractivity contribution is -0.136. The summed E-state index contributed by atoms with van der Waals surface area (Å²) in [6.07, 6.45) is 1.05. The van der Waals surface area contributed by atoms with Crippen LogP contribution in [0.3, 0.4) is 0 Å². The molecule has 1 unspecified atom stereocenters. The van der Waals surface area contributed by atoms with Gasteiger partial charge in [0.25, 0.3) is 17.7 Å². The fourth-order valence-corrected chi connectivity index (χ4v) is 3.94. The number of amides is 5. The fourth-order valence-electron chi connectivity index (χ4n) is 3.94. The predicted molar refractivity (Wildman–Crippen MR) is 110 cm³/mol. The van der Waals surface area contributed by atoms with Crippen LogP contribution in [-0.4, -0.2) is 47.0 Å². The maximum absolute atomic E-state index is 13.7. The number of nitrogens with zero attached hydrogens (tertiary/aromatic N) is 1. The molecule has 170 valence electrons. The number of hydrogen-bond acceptors (Lipinski definition) is 5. The van der Waals surface area contributed by atoms with Crippen molar-refractivity contribution in [3.8, 4) is 0 Å². The number of imide groups is 2. The van der Waals surface area contributed by atoms with Gasteiger partial charge in [0.2, 0.25) is 11.8 Å². The number of hydrogen-bond donors (Lipinski definition) is 2. The number of nitrogens with one attached hydrogen (secondary N) is 2. The third kappa shape index (κ3) is 4.36. The maximum atomic E-state index is 13.7. The Bertz CT molecular complexity index is 1200. The molecule has 0 saturated carbocycles. The molecule has 0 spiro atoms. The highest BCUT2D eigenvalue weighted by Crippen LogP contribution is 2.28. The van der Waals surface area contributed by atoms with Gasteiger partial charge < -0.3 is 5.32 Å². The number of piperidine rings is 1. The van der Waals surface area contributed by atoms with Crippen LogP contribution in [0.5, 0.6) is 0 Å². The molecule has 4 rings (SSSR count). The second-order valence-corrected chi connectivity index (χ2v) is 7.81. The highest BCUT2D eigenvalue weighted by molar-refractivity contribution is 6.23. The van der Waals surface area contributed by atoms with Crippen molar-refractivity contribution in [3.63, 3.8) is 0 Å². The molecule has 2 aliphatic heterocycles. The summed E-state index contributed by atoms with van der Waals surface area (Å²) < 4.78 is 26.6. The molecule has 2 aliphatic rings. The van der Waals surface area contributed by atoms with Crippen molar-refractivity contribution in [3.05, 3.63) is 70.3 Å². The molecule has 0 aliphatic carbocycles. The average Bonchev–Trinajstić information content (AvgIpc) is 3.01. The second-order valence-electron chi connectivity index (χ2n) is 7.81. The molecular weight excluding hydrogens is 436 g/mol. The van der Waals surface area contributed by atoms with Crippen molar-refractivity contribution in [1.82, 2.24) is 15.5 Å². The minimum absolute atomic E-state index is 0.0442. The van der Waals surface area contributed by atoms with E-state index in [1.807, 2.05) is 0 Å². The van der Waals surface area contributed by atoms with Gasteiger partial charge in [-0.2, -0.15) is 0 Å². The number of carbonyl (C=O) groups excluding carboxylic acids is 5. The number of benzene rings is 2. The maximum Gasteiger partial charge on any atom is 0.262 e. The molecule has 2 N–H and O–H groups in total. The molecule has 33 heavy (non-hydrogen) atoms. The van der Waals surface area contributed by atoms with Gasteiger partial charge in [-0.3, -0.25) is 34.2 Å². The molecule has 1 atom stereocenters. The normalized spacial score (nSPS) is 17.8. The van der Waals surface area contributed by atoms with Gasteiger partial charge in [-0.1, -0.05) is 6.07 Å². The van der Waals surface area contributed by atoms with Crippen LogP contribution in [-0.2, 0) is 16.0 Å². The topological polar surface area (TPSA) is 113 Å². The molecule has 10 heteroatoms. The van der Waals surface area contributed by atoms with Gasteiger partial charge in [-0.25, -0.2) is 8.78 Å². The number of fused-ring (bicyclic) bond motifs is 1. The Morgan fingerprint density at radius 3 is 2.52 bits per heavy atom. The first-order chi connectivity index (χ1) is 15.8. The van der Waals surface area contributed by atoms with Crippen molar-refractivity contribution in [2.45, 2.75) is 31.7 Å². The predicted octanol–water partition coefficient (Wildman–Crippen LogP) is 1.73. The Kier molecular flexibility index (Phi) is 5.99. The van der Waals surface area contributed by atoms with Crippen LogP contribution >= 0.6 is 0 Å². The quantitative estimate of drug-likeness (QED) is 0.509. The van der Waals surface area contributed by atoms with Gasteiger partial charge in [0, 0.05) is 19.0 Å². The van der Waals surface area contributed by atoms with Crippen molar-refractivity contribution in [2.75, 3.05) is 6.54 Å². The summed E-state index contributed by atoms with van der Waals surface area (Å²) in [4.78, 5) is 61.9. The molecule has 1 fully saturated rings. The lowest BCUT2D eigenvalue weighted by Crippen LogP contribution is -2.54. The van der Waals surface area contributed by atoms with E-state index in [1.165, 1.54) is 6.07 Å². The van der Waals surface area contributed by atoms with Gasteiger partial charge in [0.05, 0.1) is 16.7 Å². The second kappa shape index (κ2) is 8.89. The zero-order chi connectivity index (χ0) is 23.7. The van der Waals surface area contributed by atoms with Crippen molar-refractivity contribution < 1.29 is 32.8 Å². The van der Waals surface area contributed by atoms with Crippen LogP contribution in [0.4, 0.5) is 8.78 Å². The summed E-state index contributed by atoms with van der Waals surface area (Å²) in [7, 11) is 0. The third-order valence-corrected chi connectivity index (χ3v) is 5.61. The van der Waals surface area contributed by atoms with E-state index in [2.05, 4.69) is 10.6 Å². The van der Waals surface area contributed by atoms with Crippen LogP contribution in [0, 0.1) is 11.6 Å². The van der Waals surface area contributed by atoms with Crippen LogP contribution < -0.4 is 10.6 Å². The summed E-state index contributed by atoms with van der Waals surface area (Å²) in [6.45, 7) is 0.210. The standard InChI is InChI=1S/C23H19F2N3O5/c24-13-4-6-15(17(25)11-13)20(30)26-9-1-2-12-3-5-14-16(10-12)23(33)28(22(14)32)18-7-8-19(29)27-21(18)31/h3-6,10-11,18H,1-2,7-9H2,(H,26,30)(H,27,29,31). The largest absolute Gasteiger partial charge is 0.352 e. The average molecular weight is 455 g/mol. The molecule has 0 bridgehead atoms. The minimum Gasteiger partial charge on any atom is -0.352 e. The molecule has 8 nitrogen and oxygen atoms in total. The summed E-state index contributed by atoms with van der Waals surface area (Å²) in [5.41, 5.74) is 0.849. The van der Waals surface area contributed by atoms with E-state index in [0.29, 0.717) is 18.9 Å². The minimum atomic E-state index is -1.03. The Labute approximate surface area is 186 Å². The lowest BCUT2D eigenvalue weighted by atomic mass is 10.0. The number of aryl methyl sites for hydroxylation is 1. The van der Waals surface area contributed by atoms with E-state index in [9.17, 15) is 32.8 Å². The summed E-state index contributed by atoms with van der Waals surface area (Å²) >= 11 is 0. The van der Waals surface area contributed by atoms with E-state index in [1.54, 1.807) is 12.1 Å². The molecule has 1 saturated heterocycles. The summed E-state index contributed by atoms with van der Waals surface area (Å²) in [5, 5.41) is 4.70. The molecular formula is C23H19F2N3O5. The Morgan fingerprint density at radius 2 is 1.79 bits per heavy atom. The van der Waals surface area contributed by atoms with Gasteiger partial charge in [-0.15, -0.1) is 0 Å². The first-order valence-corrected chi connectivity index (χ1v) is 10.3. The van der Waals surface area contributed by atoms with Crippen LogP contribution in [0.1, 0.15) is 55.9 Å². The van der Waals surface area contributed by atoms with Crippen LogP contribution in [0.15, 0.2) is 36.4 Å². The molecule has 2 aromatic rings. The first-order valence-electron chi connectivity index (χ1n) is 10.3. The van der Waals surface area contributed by atoms with Crippen molar-refractivity contribution in [1.29, 1.82) is 0 Å². The van der Waals surface area contributed by atoms with E-state index < -0.39 is 47.2 Å². The smallest absolute Gasteiger partial charge is 0.262 e. The van der Waals surface area contributed by atoms with Crippen molar-refractivity contribution >= 4 is 29.5 Å². The zero-order valence-electron chi connectivity index (χ0n) is 17.3. The van der Waals surface area contributed by atoms with Gasteiger partial charge in [-0.05, 0) is 49.1 Å². The summed E-state index contributed by atoms with van der Waals surface area (Å²) in [5.74, 6) is -4.67. The molecule has 2 aromatic carbocycles. The SMILES string of the molecule is O=C1CCC(N2C(=O)c3ccc(CCCNC(=O)c4ccc(F)cc4F)cc3C2=O)C(=O)N1. The van der Waals surface area contributed by atoms with Gasteiger partial charge in [0.1, 0.15) is 17.7 Å². The third-order valence-electron chi connectivity index (χ3n) is 5.61. The zero-order valence-corrected chi connectivity index (χ0v) is 17.3.